The number of rotatable bonds is 9. The number of carbonyl (C=O) groups is 1. The van der Waals surface area contributed by atoms with Gasteiger partial charge in [0.2, 0.25) is 0 Å². The number of hydrogen-bond donors (Lipinski definition) is 0. The van der Waals surface area contributed by atoms with E-state index in [-0.39, 0.29) is 40.4 Å². The predicted octanol–water partition coefficient (Wildman–Crippen LogP) is 2.62. The molecule has 0 atom stereocenters. The SMILES string of the molecule is CC1=NN(c2ccc(-c3nc4ccc(C)c(S(=O)(=O)[O-])c4s3)cc2)C(=O)/C1=C\c1ccc(N(CCC#N)CCC#N)cc1.[Na+]. The van der Waals surface area contributed by atoms with Crippen LogP contribution in [0.3, 0.4) is 0 Å². The van der Waals surface area contributed by atoms with Gasteiger partial charge in [-0.3, -0.25) is 4.79 Å². The third-order valence-corrected chi connectivity index (χ3v) is 9.23. The Labute approximate surface area is 281 Å². The number of nitrogens with zero attached hydrogens (tertiary/aromatic N) is 6. The number of carbonyl (C=O) groups excluding carboxylic acids is 1. The number of fused-ring (bicyclic) bond motifs is 1. The van der Waals surface area contributed by atoms with E-state index in [0.717, 1.165) is 22.6 Å². The molecule has 44 heavy (non-hydrogen) atoms. The van der Waals surface area contributed by atoms with Crippen molar-refractivity contribution in [2.24, 2.45) is 5.10 Å². The number of aryl methyl sites for hydroxylation is 1. The summed E-state index contributed by atoms with van der Waals surface area (Å²) in [7, 11) is -4.67. The number of aromatic nitrogens is 1. The van der Waals surface area contributed by atoms with E-state index in [4.69, 9.17) is 10.5 Å². The molecule has 0 saturated heterocycles. The van der Waals surface area contributed by atoms with Crippen molar-refractivity contribution in [1.82, 2.24) is 4.98 Å². The van der Waals surface area contributed by atoms with E-state index in [1.165, 1.54) is 5.01 Å². The maximum absolute atomic E-state index is 13.3. The van der Waals surface area contributed by atoms with Gasteiger partial charge in [-0.15, -0.1) is 11.3 Å². The van der Waals surface area contributed by atoms with Crippen LogP contribution in [-0.2, 0) is 14.9 Å². The van der Waals surface area contributed by atoms with E-state index in [1.54, 1.807) is 56.3 Å². The number of benzene rings is 3. The summed E-state index contributed by atoms with van der Waals surface area (Å²) in [5.74, 6) is -0.278. The van der Waals surface area contributed by atoms with Gasteiger partial charge in [-0.1, -0.05) is 18.2 Å². The summed E-state index contributed by atoms with van der Waals surface area (Å²) in [5.41, 5.74) is 4.79. The van der Waals surface area contributed by atoms with E-state index >= 15 is 0 Å². The summed E-state index contributed by atoms with van der Waals surface area (Å²) < 4.78 is 35.9. The molecule has 0 bridgehead atoms. The van der Waals surface area contributed by atoms with Gasteiger partial charge in [0.1, 0.15) is 15.1 Å². The minimum atomic E-state index is -4.67. The third-order valence-electron chi connectivity index (χ3n) is 6.94. The van der Waals surface area contributed by atoms with Crippen molar-refractivity contribution in [3.8, 4) is 22.7 Å². The van der Waals surface area contributed by atoms with Crippen molar-refractivity contribution in [2.45, 2.75) is 31.6 Å². The van der Waals surface area contributed by atoms with E-state index in [0.29, 0.717) is 69.3 Å². The van der Waals surface area contributed by atoms with E-state index in [1.807, 2.05) is 29.2 Å². The van der Waals surface area contributed by atoms with E-state index in [9.17, 15) is 17.8 Å². The van der Waals surface area contributed by atoms with Crippen LogP contribution in [0.25, 0.3) is 26.9 Å². The van der Waals surface area contributed by atoms with Crippen molar-refractivity contribution in [3.05, 3.63) is 77.4 Å². The minimum absolute atomic E-state index is 0. The zero-order valence-electron chi connectivity index (χ0n) is 24.3. The summed E-state index contributed by atoms with van der Waals surface area (Å²) in [6.45, 7) is 4.40. The number of anilines is 2. The summed E-state index contributed by atoms with van der Waals surface area (Å²) in [6, 6.07) is 22.1. The quantitative estimate of drug-likeness (QED) is 0.155. The molecule has 0 radical (unpaired) electrons. The minimum Gasteiger partial charge on any atom is -0.744 e. The third kappa shape index (κ3) is 6.92. The van der Waals surface area contributed by atoms with Gasteiger partial charge in [0.25, 0.3) is 5.91 Å². The van der Waals surface area contributed by atoms with Crippen LogP contribution in [0.2, 0.25) is 0 Å². The molecule has 2 heterocycles. The van der Waals surface area contributed by atoms with Crippen molar-refractivity contribution in [2.75, 3.05) is 23.0 Å². The summed E-state index contributed by atoms with van der Waals surface area (Å²) >= 11 is 1.13. The van der Waals surface area contributed by atoms with Gasteiger partial charge >= 0.3 is 29.6 Å². The molecule has 1 aromatic heterocycles. The normalized spacial score (nSPS) is 13.8. The Morgan fingerprint density at radius 3 is 2.20 bits per heavy atom. The molecule has 0 saturated carbocycles. The molecule has 216 valence electrons. The van der Waals surface area contributed by atoms with Gasteiger partial charge in [0.05, 0.1) is 57.1 Å². The fourth-order valence-corrected chi connectivity index (χ4v) is 7.08. The van der Waals surface area contributed by atoms with Crippen LogP contribution >= 0.6 is 11.3 Å². The van der Waals surface area contributed by atoms with Crippen molar-refractivity contribution >= 4 is 60.7 Å². The zero-order valence-corrected chi connectivity index (χ0v) is 27.9. The van der Waals surface area contributed by atoms with Crippen LogP contribution in [0, 0.1) is 29.6 Å². The standard InChI is InChI=1S/C31H26N6O4S2.Na/c1-20-5-14-27-28(29(20)43(39,40)41)42-30(34-27)23-8-12-25(13-9-23)37-31(38)26(21(2)35-37)19-22-6-10-24(11-7-22)36(17-3-15-32)18-4-16-33;/h5-14,19H,3-4,17-18H2,1-2H3,(H,39,40,41);/q;+1/p-1/b26-19-;. The molecule has 0 unspecified atom stereocenters. The Balaban J connectivity index is 0.00000442. The van der Waals surface area contributed by atoms with E-state index < -0.39 is 10.1 Å². The first-order valence-electron chi connectivity index (χ1n) is 13.3. The molecule has 3 aromatic carbocycles. The molecule has 0 N–H and O–H groups in total. The molecular formula is C31H25N6NaO4S2. The Kier molecular flexibility index (Phi) is 10.4. The second-order valence-corrected chi connectivity index (χ2v) is 12.2. The fourth-order valence-electron chi connectivity index (χ4n) is 4.79. The molecule has 13 heteroatoms. The number of hydrazone groups is 1. The zero-order chi connectivity index (χ0) is 30.7. The topological polar surface area (TPSA) is 154 Å². The molecule has 1 aliphatic rings. The van der Waals surface area contributed by atoms with Gasteiger partial charge in [-0.25, -0.2) is 13.4 Å². The second-order valence-electron chi connectivity index (χ2n) is 9.84. The van der Waals surface area contributed by atoms with Crippen LogP contribution in [0.5, 0.6) is 0 Å². The molecular weight excluding hydrogens is 608 g/mol. The maximum Gasteiger partial charge on any atom is 1.00 e. The molecule has 0 spiro atoms. The van der Waals surface area contributed by atoms with Crippen molar-refractivity contribution in [1.29, 1.82) is 10.5 Å². The maximum atomic E-state index is 13.3. The molecule has 0 aliphatic carbocycles. The number of nitriles is 2. The summed E-state index contributed by atoms with van der Waals surface area (Å²) in [4.78, 5) is 19.6. The van der Waals surface area contributed by atoms with Gasteiger partial charge in [-0.2, -0.15) is 20.6 Å². The van der Waals surface area contributed by atoms with Gasteiger partial charge in [-0.05, 0) is 73.5 Å². The van der Waals surface area contributed by atoms with Crippen LogP contribution < -0.4 is 39.5 Å². The number of thiazole rings is 1. The van der Waals surface area contributed by atoms with Crippen LogP contribution in [0.1, 0.15) is 30.9 Å². The van der Waals surface area contributed by atoms with Crippen LogP contribution in [0.15, 0.2) is 76.2 Å². The van der Waals surface area contributed by atoms with E-state index in [2.05, 4.69) is 22.2 Å². The largest absolute Gasteiger partial charge is 1.00 e. The Bertz CT molecular complexity index is 1950. The molecule has 5 rings (SSSR count). The average Bonchev–Trinajstić information content (AvgIpc) is 3.53. The second kappa shape index (κ2) is 13.8. The Hall–Kier alpha value is -3.88. The molecule has 4 aromatic rings. The Morgan fingerprint density at radius 2 is 1.61 bits per heavy atom. The van der Waals surface area contributed by atoms with Crippen molar-refractivity contribution < 1.29 is 47.3 Å². The summed E-state index contributed by atoms with van der Waals surface area (Å²) in [5, 5.41) is 24.2. The van der Waals surface area contributed by atoms with Crippen LogP contribution in [0.4, 0.5) is 11.4 Å². The molecule has 0 fully saturated rings. The van der Waals surface area contributed by atoms with Crippen LogP contribution in [-0.4, -0.2) is 42.7 Å². The Morgan fingerprint density at radius 1 is 0.977 bits per heavy atom. The molecule has 1 aliphatic heterocycles. The van der Waals surface area contributed by atoms with Gasteiger partial charge in [0, 0.05) is 24.3 Å². The first-order valence-corrected chi connectivity index (χ1v) is 15.5. The average molecular weight is 633 g/mol. The number of hydrogen-bond acceptors (Lipinski definition) is 10. The molecule has 10 nitrogen and oxygen atoms in total. The van der Waals surface area contributed by atoms with Crippen molar-refractivity contribution in [3.63, 3.8) is 0 Å². The number of amides is 1. The first-order chi connectivity index (χ1) is 20.6. The fraction of sp³-hybridized carbons (Fsp3) is 0.194. The van der Waals surface area contributed by atoms with Gasteiger partial charge < -0.3 is 9.45 Å². The summed E-state index contributed by atoms with van der Waals surface area (Å²) in [6.07, 6.45) is 2.48. The first kappa shape index (κ1) is 33.0. The molecule has 1 amide bonds. The smallest absolute Gasteiger partial charge is 0.744 e. The predicted molar refractivity (Wildman–Crippen MR) is 165 cm³/mol. The van der Waals surface area contributed by atoms with Gasteiger partial charge in [0.15, 0.2) is 0 Å². The monoisotopic (exact) mass is 632 g/mol.